The van der Waals surface area contributed by atoms with Crippen LogP contribution in [0.5, 0.6) is 0 Å². The molecule has 9 atom stereocenters. The number of carboxylic acids is 1. The van der Waals surface area contributed by atoms with Crippen LogP contribution in [0.25, 0.3) is 0 Å². The van der Waals surface area contributed by atoms with Gasteiger partial charge in [0.15, 0.2) is 11.9 Å². The number of unbranched alkanes of at least 4 members (excludes halogenated alkanes) is 1. The highest BCUT2D eigenvalue weighted by molar-refractivity contribution is 8.76. The fraction of sp³-hybridized carbons (Fsp3) is 0.674. The first-order valence-electron chi connectivity index (χ1n) is 24.4. The minimum atomic E-state index is -1.63. The van der Waals surface area contributed by atoms with Crippen molar-refractivity contribution in [2.45, 2.75) is 131 Å². The van der Waals surface area contributed by atoms with E-state index in [4.69, 9.17) is 34.4 Å². The number of nitrogens with zero attached hydrogens (tertiary/aromatic N) is 5. The van der Waals surface area contributed by atoms with Gasteiger partial charge in [-0.15, -0.1) is 0 Å². The molecule has 2 unspecified atom stereocenters. The Balaban J connectivity index is 1.74. The molecule has 0 radical (unpaired) electrons. The number of aliphatic hydroxyl groups excluding tert-OH is 1. The van der Waals surface area contributed by atoms with Crippen LogP contribution in [-0.4, -0.2) is 200 Å². The molecule has 0 saturated carbocycles. The van der Waals surface area contributed by atoms with Gasteiger partial charge in [0.2, 0.25) is 47.3 Å². The molecule has 21 N–H and O–H groups in total. The lowest BCUT2D eigenvalue weighted by Crippen LogP contribution is -2.60. The van der Waals surface area contributed by atoms with E-state index < -0.39 is 114 Å². The number of amides is 8. The van der Waals surface area contributed by atoms with Gasteiger partial charge in [0.1, 0.15) is 48.3 Å². The van der Waals surface area contributed by atoms with Crippen molar-refractivity contribution in [1.29, 1.82) is 0 Å². The fourth-order valence-corrected chi connectivity index (χ4v) is 10.7. The third-order valence-electron chi connectivity index (χ3n) is 12.3. The number of aliphatic hydroxyl groups is 1. The summed E-state index contributed by atoms with van der Waals surface area (Å²) in [6.07, 6.45) is 4.99. The lowest BCUT2D eigenvalue weighted by molar-refractivity contribution is -0.148. The van der Waals surface area contributed by atoms with Crippen molar-refractivity contribution in [2.24, 2.45) is 44.4 Å². The highest BCUT2D eigenvalue weighted by Crippen LogP contribution is 2.27. The number of guanidine groups is 2. The van der Waals surface area contributed by atoms with Crippen LogP contribution in [0.2, 0.25) is 0 Å². The number of aliphatic imine (C=N–C) groups is 2. The Morgan fingerprint density at radius 1 is 0.649 bits per heavy atom. The monoisotopic (exact) mass is 1080 g/mol. The molecule has 0 aromatic carbocycles. The number of hydrogen-bond acceptors (Lipinski definition) is 17. The molecule has 29 nitrogen and oxygen atoms in total. The van der Waals surface area contributed by atoms with Crippen LogP contribution in [0.3, 0.4) is 0 Å². The molecule has 3 aliphatic rings. The summed E-state index contributed by atoms with van der Waals surface area (Å²) < 4.78 is 0. The number of carbonyl (C=O) groups excluding carboxylic acids is 8. The van der Waals surface area contributed by atoms with Crippen molar-refractivity contribution < 1.29 is 53.4 Å². The largest absolute Gasteiger partial charge is 0.480 e. The normalized spacial score (nSPS) is 26.6. The highest BCUT2D eigenvalue weighted by Gasteiger charge is 2.45. The zero-order valence-electron chi connectivity index (χ0n) is 41.1. The Morgan fingerprint density at radius 3 is 1.69 bits per heavy atom. The van der Waals surface area contributed by atoms with Crippen LogP contribution in [-0.2, 0) is 49.6 Å². The lowest BCUT2D eigenvalue weighted by Gasteiger charge is -2.33. The van der Waals surface area contributed by atoms with Gasteiger partial charge in [-0.3, -0.25) is 48.3 Å². The third-order valence-corrected chi connectivity index (χ3v) is 14.8. The van der Waals surface area contributed by atoms with Gasteiger partial charge in [0.05, 0.1) is 19.0 Å². The number of H-pyrrole nitrogens is 1. The van der Waals surface area contributed by atoms with E-state index in [1.165, 1.54) is 22.3 Å². The molecular formula is C43H72N18O11S2. The van der Waals surface area contributed by atoms with Crippen molar-refractivity contribution in [1.82, 2.24) is 51.7 Å². The summed E-state index contributed by atoms with van der Waals surface area (Å²) in [6.45, 7) is -0.323. The number of aliphatic carboxylic acids is 1. The summed E-state index contributed by atoms with van der Waals surface area (Å²) in [5.74, 6) is -8.41. The molecule has 8 amide bonds. The van der Waals surface area contributed by atoms with Crippen LogP contribution in [0, 0.1) is 0 Å². The van der Waals surface area contributed by atoms with Gasteiger partial charge in [-0.25, -0.2) is 9.78 Å². The van der Waals surface area contributed by atoms with Crippen molar-refractivity contribution >= 4 is 86.7 Å². The number of carbonyl (C=O) groups is 9. The fourth-order valence-electron chi connectivity index (χ4n) is 8.42. The first-order chi connectivity index (χ1) is 35.3. The molecule has 4 rings (SSSR count). The average molecular weight is 1080 g/mol. The number of nitrogens with two attached hydrogens (primary N) is 6. The first-order valence-corrected chi connectivity index (χ1v) is 26.9. The molecular weight excluding hydrogens is 1010 g/mol. The Labute approximate surface area is 435 Å². The van der Waals surface area contributed by atoms with Crippen molar-refractivity contribution in [3.05, 3.63) is 18.2 Å². The zero-order valence-corrected chi connectivity index (χ0v) is 42.7. The minimum absolute atomic E-state index is 0.0213. The van der Waals surface area contributed by atoms with E-state index in [0.717, 1.165) is 21.6 Å². The molecule has 3 aliphatic heterocycles. The summed E-state index contributed by atoms with van der Waals surface area (Å²) in [5.41, 5.74) is 34.3. The molecule has 3 fully saturated rings. The summed E-state index contributed by atoms with van der Waals surface area (Å²) in [6, 6.07) is -11.9. The number of nitrogens with one attached hydrogen (secondary N) is 7. The maximum absolute atomic E-state index is 14.8. The Bertz CT molecular complexity index is 2150. The van der Waals surface area contributed by atoms with Crippen LogP contribution in [0.1, 0.15) is 76.3 Å². The van der Waals surface area contributed by atoms with E-state index in [-0.39, 0.29) is 108 Å². The lowest BCUT2D eigenvalue weighted by atomic mass is 10.0. The molecule has 0 spiro atoms. The highest BCUT2D eigenvalue weighted by atomic mass is 33.1. The average Bonchev–Trinajstić information content (AvgIpc) is 4.18. The molecule has 74 heavy (non-hydrogen) atoms. The van der Waals surface area contributed by atoms with E-state index in [9.17, 15) is 53.4 Å². The van der Waals surface area contributed by atoms with E-state index >= 15 is 0 Å². The summed E-state index contributed by atoms with van der Waals surface area (Å²) in [7, 11) is 1.96. The number of hydrogen-bond donors (Lipinski definition) is 15. The van der Waals surface area contributed by atoms with Gasteiger partial charge in [-0.05, 0) is 77.2 Å². The Kier molecular flexibility index (Phi) is 24.9. The quantitative estimate of drug-likeness (QED) is 0.0317. The second-order valence-electron chi connectivity index (χ2n) is 17.9. The molecule has 1 aromatic rings. The van der Waals surface area contributed by atoms with E-state index in [0.29, 0.717) is 31.4 Å². The molecule has 0 aliphatic carbocycles. The van der Waals surface area contributed by atoms with Crippen LogP contribution >= 0.6 is 21.6 Å². The second-order valence-corrected chi connectivity index (χ2v) is 20.5. The summed E-state index contributed by atoms with van der Waals surface area (Å²) in [4.78, 5) is 143. The van der Waals surface area contributed by atoms with Gasteiger partial charge in [0, 0.05) is 56.0 Å². The van der Waals surface area contributed by atoms with Crippen molar-refractivity contribution in [3.8, 4) is 0 Å². The maximum Gasteiger partial charge on any atom is 0.327 e. The molecule has 1 aromatic heterocycles. The number of aromatic nitrogens is 2. The van der Waals surface area contributed by atoms with Gasteiger partial charge in [-0.2, -0.15) is 0 Å². The topological polar surface area (TPSA) is 482 Å². The van der Waals surface area contributed by atoms with E-state index in [1.807, 2.05) is 0 Å². The van der Waals surface area contributed by atoms with Crippen molar-refractivity contribution in [2.75, 3.05) is 50.8 Å². The molecule has 3 saturated heterocycles. The van der Waals surface area contributed by atoms with Crippen LogP contribution in [0.15, 0.2) is 22.5 Å². The minimum Gasteiger partial charge on any atom is -0.480 e. The Hall–Kier alpha value is -6.44. The number of fused-ring (bicyclic) bond motifs is 2. The van der Waals surface area contributed by atoms with Gasteiger partial charge in [-0.1, -0.05) is 21.6 Å². The first kappa shape index (κ1) is 60.1. The van der Waals surface area contributed by atoms with Crippen molar-refractivity contribution in [3.63, 3.8) is 0 Å². The number of carboxylic acid groups (broad SMARTS) is 1. The number of rotatable bonds is 16. The van der Waals surface area contributed by atoms with E-state index in [1.54, 1.807) is 0 Å². The SMILES string of the molecule is NCCCCC1NC(=O)[C@@H]2CCCN2C(=O)[C@@H]2CCCN2C(=O)[C@H](Cc2cnc[nH]2)NC(=O)C(CCCN=C(N)N)NC(=O)[C@H](CCCN=C(N)N)NC(=O)[C@H](CO)NC(=O)[C@@H](N)CSSC[C@@H](C(=O)O)NC1=O. The molecule has 0 bridgehead atoms. The maximum atomic E-state index is 14.8. The molecule has 31 heteroatoms. The van der Waals surface area contributed by atoms with Crippen LogP contribution < -0.4 is 66.3 Å². The van der Waals surface area contributed by atoms with E-state index in [2.05, 4.69) is 51.9 Å². The smallest absolute Gasteiger partial charge is 0.327 e. The molecule has 412 valence electrons. The van der Waals surface area contributed by atoms with Gasteiger partial charge in [0.25, 0.3) is 0 Å². The number of imidazole rings is 1. The van der Waals surface area contributed by atoms with Gasteiger partial charge >= 0.3 is 5.97 Å². The zero-order chi connectivity index (χ0) is 54.3. The summed E-state index contributed by atoms with van der Waals surface area (Å²) >= 11 is 0. The predicted octanol–water partition coefficient (Wildman–Crippen LogP) is -6.12. The summed E-state index contributed by atoms with van der Waals surface area (Å²) in [5, 5.41) is 35.8. The number of aromatic amines is 1. The Morgan fingerprint density at radius 2 is 1.15 bits per heavy atom. The third kappa shape index (κ3) is 18.8. The molecule has 4 heterocycles. The van der Waals surface area contributed by atoms with Gasteiger partial charge < -0.3 is 91.3 Å². The van der Waals surface area contributed by atoms with Crippen LogP contribution in [0.4, 0.5) is 0 Å². The second kappa shape index (κ2) is 30.7. The standard InChI is InChI=1S/C43H72N18O11S2/c44-12-2-1-7-25-36(66)59-30(41(71)72)21-74-73-20-24(45)33(63)58-29(19-62)37(67)55-26(8-3-13-51-42(46)47)34(64)54-27(9-4-14-52-43(48)49)35(65)57-28(17-23-18-50-22-53-23)39(69)61-16-6-11-32(61)40(70)60-15-5-10-31(60)38(68)56-25/h18,22,24-32,62H,1-17,19-21,44-45H2,(H,50,53)(H,54,64)(H,55,67)(H,56,68)(H,57,65)(H,58,63)(H,59,66)(H,71,72)(H4,46,47,51)(H4,48,49,52)/t24-,25?,26-,27?,28-,29-,30-,31-,32-/m0/s1. The predicted molar refractivity (Wildman–Crippen MR) is 274 cm³/mol.